The van der Waals surface area contributed by atoms with Crippen LogP contribution in [0.2, 0.25) is 0 Å². The predicted molar refractivity (Wildman–Crippen MR) is 84.2 cm³/mol. The van der Waals surface area contributed by atoms with Crippen molar-refractivity contribution in [3.63, 3.8) is 0 Å². The topological polar surface area (TPSA) is 91.1 Å². The van der Waals surface area contributed by atoms with Gasteiger partial charge in [0.15, 0.2) is 0 Å². The Balaban J connectivity index is 2.11. The van der Waals surface area contributed by atoms with Crippen LogP contribution in [0.15, 0.2) is 63.9 Å². The van der Waals surface area contributed by atoms with Crippen molar-refractivity contribution in [2.75, 3.05) is 5.73 Å². The summed E-state index contributed by atoms with van der Waals surface area (Å²) in [6.07, 6.45) is 0. The van der Waals surface area contributed by atoms with E-state index in [-0.39, 0.29) is 15.6 Å². The van der Waals surface area contributed by atoms with Crippen LogP contribution in [-0.2, 0) is 10.0 Å². The van der Waals surface area contributed by atoms with Gasteiger partial charge in [-0.25, -0.2) is 0 Å². The number of aromatic nitrogens is 2. The lowest BCUT2D eigenvalue weighted by Gasteiger charge is -2.02. The molecule has 0 unspecified atom stereocenters. The van der Waals surface area contributed by atoms with E-state index in [0.717, 1.165) is 0 Å². The van der Waals surface area contributed by atoms with Crippen LogP contribution >= 0.6 is 12.2 Å². The summed E-state index contributed by atoms with van der Waals surface area (Å²) >= 11 is 4.98. The number of rotatable bonds is 3. The highest BCUT2D eigenvalue weighted by molar-refractivity contribution is 7.90. The van der Waals surface area contributed by atoms with E-state index in [4.69, 9.17) is 22.4 Å². The Hall–Kier alpha value is -2.45. The van der Waals surface area contributed by atoms with E-state index < -0.39 is 10.0 Å². The number of benzene rings is 2. The quantitative estimate of drug-likeness (QED) is 0.585. The van der Waals surface area contributed by atoms with Gasteiger partial charge in [-0.05, 0) is 48.6 Å². The van der Waals surface area contributed by atoms with E-state index >= 15 is 0 Å². The van der Waals surface area contributed by atoms with Gasteiger partial charge in [0.05, 0.1) is 4.90 Å². The van der Waals surface area contributed by atoms with Gasteiger partial charge in [0.2, 0.25) is 5.89 Å². The van der Waals surface area contributed by atoms with E-state index in [1.807, 2.05) is 6.07 Å². The van der Waals surface area contributed by atoms with E-state index in [9.17, 15) is 8.42 Å². The summed E-state index contributed by atoms with van der Waals surface area (Å²) < 4.78 is 31.1. The first-order valence-electron chi connectivity index (χ1n) is 6.25. The van der Waals surface area contributed by atoms with Crippen LogP contribution < -0.4 is 5.73 Å². The zero-order valence-corrected chi connectivity index (χ0v) is 12.8. The molecule has 2 N–H and O–H groups in total. The van der Waals surface area contributed by atoms with E-state index in [2.05, 4.69) is 5.10 Å². The number of nitrogen functional groups attached to an aromatic ring is 1. The van der Waals surface area contributed by atoms with Gasteiger partial charge in [0, 0.05) is 11.3 Å². The Labute approximate surface area is 131 Å². The van der Waals surface area contributed by atoms with Gasteiger partial charge in [-0.1, -0.05) is 18.2 Å². The third-order valence-corrected chi connectivity index (χ3v) is 4.89. The molecule has 0 spiro atoms. The maximum atomic E-state index is 12.5. The van der Waals surface area contributed by atoms with Gasteiger partial charge in [-0.2, -0.15) is 8.42 Å². The molecule has 1 heterocycles. The first-order chi connectivity index (χ1) is 10.5. The van der Waals surface area contributed by atoms with Gasteiger partial charge < -0.3 is 10.2 Å². The minimum atomic E-state index is -3.92. The molecule has 0 aliphatic heterocycles. The maximum Gasteiger partial charge on any atom is 0.302 e. The molecule has 3 rings (SSSR count). The van der Waals surface area contributed by atoms with Crippen LogP contribution in [0.25, 0.3) is 11.5 Å². The highest BCUT2D eigenvalue weighted by atomic mass is 32.2. The fraction of sp³-hybridized carbons (Fsp3) is 0. The van der Waals surface area contributed by atoms with Crippen LogP contribution in [0.3, 0.4) is 0 Å². The SMILES string of the molecule is Nc1ccc(S(=O)(=O)n2nc(-c3ccccc3)oc2=S)cc1. The molecule has 6 nitrogen and oxygen atoms in total. The molecule has 0 fully saturated rings. The molecular weight excluding hydrogens is 322 g/mol. The molecule has 8 heteroatoms. The average Bonchev–Trinajstić information content (AvgIpc) is 2.91. The minimum Gasteiger partial charge on any atom is -0.408 e. The van der Waals surface area contributed by atoms with Crippen molar-refractivity contribution in [1.29, 1.82) is 0 Å². The zero-order chi connectivity index (χ0) is 15.7. The average molecular weight is 333 g/mol. The van der Waals surface area contributed by atoms with Gasteiger partial charge in [-0.15, -0.1) is 9.19 Å². The molecule has 0 aliphatic carbocycles. The smallest absolute Gasteiger partial charge is 0.302 e. The standard InChI is InChI=1S/C14H11N3O3S2/c15-11-6-8-12(9-7-11)22(18,19)17-14(21)20-13(16-17)10-4-2-1-3-5-10/h1-9H,15H2. The minimum absolute atomic E-state index is 0.0331. The van der Waals surface area contributed by atoms with Gasteiger partial charge >= 0.3 is 4.84 Å². The normalized spacial score (nSPS) is 11.5. The number of anilines is 1. The molecule has 0 saturated carbocycles. The van der Waals surface area contributed by atoms with Crippen LogP contribution in [-0.4, -0.2) is 17.6 Å². The second-order valence-electron chi connectivity index (χ2n) is 4.46. The Morgan fingerprint density at radius 2 is 1.68 bits per heavy atom. The van der Waals surface area contributed by atoms with Crippen molar-refractivity contribution in [3.05, 3.63) is 59.4 Å². The number of hydrogen-bond donors (Lipinski definition) is 1. The van der Waals surface area contributed by atoms with E-state index in [0.29, 0.717) is 15.3 Å². The van der Waals surface area contributed by atoms with Gasteiger partial charge in [0.1, 0.15) is 0 Å². The lowest BCUT2D eigenvalue weighted by atomic mass is 10.2. The molecule has 0 atom stereocenters. The molecular formula is C14H11N3O3S2. The van der Waals surface area contributed by atoms with Crippen molar-refractivity contribution in [3.8, 4) is 11.5 Å². The highest BCUT2D eigenvalue weighted by Crippen LogP contribution is 2.21. The Morgan fingerprint density at radius 1 is 1.05 bits per heavy atom. The van der Waals surface area contributed by atoms with Crippen molar-refractivity contribution in [2.24, 2.45) is 0 Å². The Bertz CT molecular complexity index is 959. The van der Waals surface area contributed by atoms with Crippen LogP contribution in [0.5, 0.6) is 0 Å². The first-order valence-corrected chi connectivity index (χ1v) is 8.10. The third-order valence-electron chi connectivity index (χ3n) is 2.95. The fourth-order valence-corrected chi connectivity index (χ4v) is 3.36. The molecule has 22 heavy (non-hydrogen) atoms. The van der Waals surface area contributed by atoms with Crippen molar-refractivity contribution in [1.82, 2.24) is 9.19 Å². The molecule has 112 valence electrons. The monoisotopic (exact) mass is 333 g/mol. The molecule has 0 saturated heterocycles. The second-order valence-corrected chi connectivity index (χ2v) is 6.57. The molecule has 0 amide bonds. The maximum absolute atomic E-state index is 12.5. The zero-order valence-electron chi connectivity index (χ0n) is 11.2. The Morgan fingerprint density at radius 3 is 2.32 bits per heavy atom. The predicted octanol–water partition coefficient (Wildman–Crippen LogP) is 2.69. The summed E-state index contributed by atoms with van der Waals surface area (Å²) in [5, 5.41) is 3.98. The lowest BCUT2D eigenvalue weighted by Crippen LogP contribution is -2.14. The van der Waals surface area contributed by atoms with Crippen LogP contribution in [0.1, 0.15) is 0 Å². The second kappa shape index (κ2) is 5.39. The summed E-state index contributed by atoms with van der Waals surface area (Å²) in [5.74, 6) is 0.143. The van der Waals surface area contributed by atoms with Crippen molar-refractivity contribution >= 4 is 27.9 Å². The van der Waals surface area contributed by atoms with Gasteiger partial charge in [0.25, 0.3) is 10.0 Å². The molecule has 0 bridgehead atoms. The summed E-state index contributed by atoms with van der Waals surface area (Å²) in [4.78, 5) is -0.207. The molecule has 1 aromatic heterocycles. The molecule has 0 aliphatic rings. The van der Waals surface area contributed by atoms with Crippen LogP contribution in [0.4, 0.5) is 5.69 Å². The lowest BCUT2D eigenvalue weighted by molar-refractivity contribution is 0.538. The molecule has 3 aromatic rings. The summed E-state index contributed by atoms with van der Waals surface area (Å²) in [6.45, 7) is 0. The molecule has 2 aromatic carbocycles. The van der Waals surface area contributed by atoms with Crippen molar-refractivity contribution < 1.29 is 12.8 Å². The van der Waals surface area contributed by atoms with Gasteiger partial charge in [-0.3, -0.25) is 0 Å². The molecule has 0 radical (unpaired) electrons. The highest BCUT2D eigenvalue weighted by Gasteiger charge is 2.22. The summed E-state index contributed by atoms with van der Waals surface area (Å²) in [6, 6.07) is 14.7. The number of nitrogens with two attached hydrogens (primary N) is 1. The van der Waals surface area contributed by atoms with Crippen LogP contribution in [0, 0.1) is 4.84 Å². The number of hydrogen-bond acceptors (Lipinski definition) is 6. The van der Waals surface area contributed by atoms with E-state index in [1.165, 1.54) is 24.3 Å². The largest absolute Gasteiger partial charge is 0.408 e. The summed E-state index contributed by atoms with van der Waals surface area (Å²) in [5.41, 5.74) is 6.67. The fourth-order valence-electron chi connectivity index (χ4n) is 1.85. The van der Waals surface area contributed by atoms with E-state index in [1.54, 1.807) is 24.3 Å². The Kier molecular flexibility index (Phi) is 3.55. The number of nitrogens with zero attached hydrogens (tertiary/aromatic N) is 2. The van der Waals surface area contributed by atoms with Crippen molar-refractivity contribution in [2.45, 2.75) is 4.90 Å². The summed E-state index contributed by atoms with van der Waals surface area (Å²) in [7, 11) is -3.92. The first kappa shape index (κ1) is 14.5. The third kappa shape index (κ3) is 2.53.